The van der Waals surface area contributed by atoms with Gasteiger partial charge in [0.15, 0.2) is 0 Å². The highest BCUT2D eigenvalue weighted by Crippen LogP contribution is 2.39. The molecule has 30 heavy (non-hydrogen) atoms. The maximum Gasteiger partial charge on any atom is 0.243 e. The van der Waals surface area contributed by atoms with E-state index in [4.69, 9.17) is 16.6 Å². The Hall–Kier alpha value is -2.35. The maximum atomic E-state index is 13.4. The molecule has 0 spiro atoms. The van der Waals surface area contributed by atoms with Gasteiger partial charge in [-0.05, 0) is 61.2 Å². The number of benzene rings is 1. The van der Waals surface area contributed by atoms with Crippen molar-refractivity contribution in [2.24, 2.45) is 0 Å². The minimum atomic E-state index is -3.67. The molecule has 1 aliphatic heterocycles. The maximum absolute atomic E-state index is 13.4. The molecule has 0 radical (unpaired) electrons. The quantitative estimate of drug-likeness (QED) is 0.554. The van der Waals surface area contributed by atoms with Crippen molar-refractivity contribution in [3.63, 3.8) is 0 Å². The van der Waals surface area contributed by atoms with Crippen molar-refractivity contribution >= 4 is 21.6 Å². The fourth-order valence-corrected chi connectivity index (χ4v) is 5.61. The van der Waals surface area contributed by atoms with Crippen molar-refractivity contribution in [3.05, 3.63) is 71.5 Å². The number of halogens is 1. The number of hydrogen-bond acceptors (Lipinski definition) is 5. The van der Waals surface area contributed by atoms with Gasteiger partial charge in [0.1, 0.15) is 5.82 Å². The van der Waals surface area contributed by atoms with Gasteiger partial charge in [-0.25, -0.2) is 18.4 Å². The van der Waals surface area contributed by atoms with Gasteiger partial charge in [0.25, 0.3) is 0 Å². The van der Waals surface area contributed by atoms with E-state index >= 15 is 0 Å². The van der Waals surface area contributed by atoms with Crippen LogP contribution in [0.5, 0.6) is 0 Å². The third-order valence-corrected chi connectivity index (χ3v) is 7.45. The van der Waals surface area contributed by atoms with Gasteiger partial charge in [0, 0.05) is 42.1 Å². The van der Waals surface area contributed by atoms with Gasteiger partial charge in [-0.3, -0.25) is 4.98 Å². The van der Waals surface area contributed by atoms with Crippen LogP contribution in [-0.4, -0.2) is 34.2 Å². The fraction of sp³-hybridized carbons (Fsp3) is 0.318. The molecule has 156 valence electrons. The van der Waals surface area contributed by atoms with Crippen molar-refractivity contribution < 1.29 is 8.42 Å². The summed E-state index contributed by atoms with van der Waals surface area (Å²) in [6, 6.07) is 9.77. The summed E-state index contributed by atoms with van der Waals surface area (Å²) < 4.78 is 28.4. The molecular weight excluding hydrogens is 420 g/mol. The van der Waals surface area contributed by atoms with Gasteiger partial charge in [-0.15, -0.1) is 0 Å². The van der Waals surface area contributed by atoms with Crippen molar-refractivity contribution in [2.75, 3.05) is 6.54 Å². The van der Waals surface area contributed by atoms with E-state index in [1.807, 2.05) is 18.3 Å². The van der Waals surface area contributed by atoms with E-state index in [9.17, 15) is 8.42 Å². The predicted molar refractivity (Wildman–Crippen MR) is 117 cm³/mol. The van der Waals surface area contributed by atoms with E-state index in [-0.39, 0.29) is 10.9 Å². The van der Waals surface area contributed by atoms with Crippen LogP contribution < -0.4 is 0 Å². The average Bonchev–Trinajstić information content (AvgIpc) is 3.26. The topological polar surface area (TPSA) is 76.1 Å². The van der Waals surface area contributed by atoms with E-state index in [2.05, 4.69) is 16.9 Å². The van der Waals surface area contributed by atoms with Crippen LogP contribution in [0.4, 0.5) is 0 Å². The van der Waals surface area contributed by atoms with Crippen LogP contribution in [0, 0.1) is 0 Å². The minimum absolute atomic E-state index is 0.243. The molecule has 3 aromatic rings. The summed E-state index contributed by atoms with van der Waals surface area (Å²) >= 11 is 5.95. The number of aryl methyl sites for hydroxylation is 1. The average molecular weight is 443 g/mol. The van der Waals surface area contributed by atoms with Crippen LogP contribution in [-0.2, 0) is 16.4 Å². The molecule has 6 nitrogen and oxygen atoms in total. The van der Waals surface area contributed by atoms with Crippen LogP contribution >= 0.6 is 11.6 Å². The number of aromatic nitrogens is 3. The molecule has 3 heterocycles. The van der Waals surface area contributed by atoms with Gasteiger partial charge in [0.05, 0.1) is 16.6 Å². The minimum Gasteiger partial charge on any atom is -0.265 e. The molecule has 0 bridgehead atoms. The number of rotatable bonds is 6. The SMILES string of the molecule is CCCc1ncc(-c2ccncc2)c(C2CCCN2S(=O)(=O)c2ccc(Cl)cc2)n1. The molecular formula is C22H23ClN4O2S. The monoisotopic (exact) mass is 442 g/mol. The molecule has 1 saturated heterocycles. The Bertz CT molecular complexity index is 1120. The zero-order valence-electron chi connectivity index (χ0n) is 16.7. The van der Waals surface area contributed by atoms with Crippen LogP contribution in [0.15, 0.2) is 59.9 Å². The second kappa shape index (κ2) is 8.79. The van der Waals surface area contributed by atoms with Crippen molar-refractivity contribution in [1.82, 2.24) is 19.3 Å². The Labute approximate surface area is 182 Å². The lowest BCUT2D eigenvalue weighted by atomic mass is 10.0. The normalized spacial score (nSPS) is 17.3. The Kier molecular flexibility index (Phi) is 6.13. The van der Waals surface area contributed by atoms with Gasteiger partial charge in [-0.1, -0.05) is 18.5 Å². The zero-order chi connectivity index (χ0) is 21.1. The molecule has 0 N–H and O–H groups in total. The summed E-state index contributed by atoms with van der Waals surface area (Å²) in [5.41, 5.74) is 2.54. The summed E-state index contributed by atoms with van der Waals surface area (Å²) in [4.78, 5) is 13.7. The molecule has 0 amide bonds. The smallest absolute Gasteiger partial charge is 0.243 e. The van der Waals surface area contributed by atoms with Crippen LogP contribution in [0.25, 0.3) is 11.1 Å². The highest BCUT2D eigenvalue weighted by Gasteiger charge is 2.38. The predicted octanol–water partition coefficient (Wildman–Crippen LogP) is 4.67. The highest BCUT2D eigenvalue weighted by atomic mass is 35.5. The van der Waals surface area contributed by atoms with E-state index in [1.165, 1.54) is 0 Å². The summed E-state index contributed by atoms with van der Waals surface area (Å²) in [6.07, 6.45) is 8.42. The number of nitrogens with zero attached hydrogens (tertiary/aromatic N) is 4. The Balaban J connectivity index is 1.80. The Morgan fingerprint density at radius 2 is 1.87 bits per heavy atom. The van der Waals surface area contributed by atoms with Crippen molar-refractivity contribution in [1.29, 1.82) is 0 Å². The summed E-state index contributed by atoms with van der Waals surface area (Å²) in [5, 5.41) is 0.506. The van der Waals surface area contributed by atoms with Crippen molar-refractivity contribution in [2.45, 2.75) is 43.5 Å². The molecule has 0 saturated carbocycles. The third-order valence-electron chi connectivity index (χ3n) is 5.27. The lowest BCUT2D eigenvalue weighted by Gasteiger charge is -2.25. The first kappa shape index (κ1) is 20.9. The zero-order valence-corrected chi connectivity index (χ0v) is 18.3. The third kappa shape index (κ3) is 4.10. The largest absolute Gasteiger partial charge is 0.265 e. The standard InChI is InChI=1S/C22H23ClN4O2S/c1-2-4-21-25-15-19(16-10-12-24-13-11-16)22(26-21)20-5-3-14-27(20)30(28,29)18-8-6-17(23)7-9-18/h6-13,15,20H,2-5,14H2,1H3. The number of hydrogen-bond donors (Lipinski definition) is 0. The first-order valence-corrected chi connectivity index (χ1v) is 11.9. The van der Waals surface area contributed by atoms with Crippen LogP contribution in [0.2, 0.25) is 5.02 Å². The molecule has 4 rings (SSSR count). The molecule has 1 atom stereocenters. The molecule has 1 aromatic carbocycles. The molecule has 8 heteroatoms. The Morgan fingerprint density at radius 3 is 2.57 bits per heavy atom. The molecule has 2 aromatic heterocycles. The van der Waals surface area contributed by atoms with Crippen LogP contribution in [0.3, 0.4) is 0 Å². The van der Waals surface area contributed by atoms with Crippen LogP contribution in [0.1, 0.15) is 43.7 Å². The number of sulfonamides is 1. The van der Waals surface area contributed by atoms with E-state index in [0.29, 0.717) is 18.0 Å². The Morgan fingerprint density at radius 1 is 1.13 bits per heavy atom. The second-order valence-corrected chi connectivity index (χ2v) is 9.63. The van der Waals surface area contributed by atoms with Gasteiger partial charge in [-0.2, -0.15) is 4.31 Å². The molecule has 1 aliphatic rings. The second-order valence-electron chi connectivity index (χ2n) is 7.30. The lowest BCUT2D eigenvalue weighted by Crippen LogP contribution is -2.31. The molecule has 1 fully saturated rings. The number of pyridine rings is 1. The highest BCUT2D eigenvalue weighted by molar-refractivity contribution is 7.89. The van der Waals surface area contributed by atoms with E-state index in [1.54, 1.807) is 41.0 Å². The first-order valence-electron chi connectivity index (χ1n) is 10.0. The van der Waals surface area contributed by atoms with Crippen molar-refractivity contribution in [3.8, 4) is 11.1 Å². The summed E-state index contributed by atoms with van der Waals surface area (Å²) in [6.45, 7) is 2.53. The molecule has 0 aliphatic carbocycles. The first-order chi connectivity index (χ1) is 14.5. The van der Waals surface area contributed by atoms with Gasteiger partial charge >= 0.3 is 0 Å². The van der Waals surface area contributed by atoms with E-state index in [0.717, 1.165) is 41.9 Å². The summed E-state index contributed by atoms with van der Waals surface area (Å²) in [5.74, 6) is 0.737. The van der Waals surface area contributed by atoms with Gasteiger partial charge in [0.2, 0.25) is 10.0 Å². The fourth-order valence-electron chi connectivity index (χ4n) is 3.83. The lowest BCUT2D eigenvalue weighted by molar-refractivity contribution is 0.390. The van der Waals surface area contributed by atoms with E-state index < -0.39 is 10.0 Å². The summed E-state index contributed by atoms with van der Waals surface area (Å²) in [7, 11) is -3.67. The van der Waals surface area contributed by atoms with Gasteiger partial charge < -0.3 is 0 Å². The molecule has 1 unspecified atom stereocenters.